The summed E-state index contributed by atoms with van der Waals surface area (Å²) < 4.78 is 26.1. The Balaban J connectivity index is 2.83. The minimum Gasteiger partial charge on any atom is -0.394 e. The molecule has 0 heterocycles. The van der Waals surface area contributed by atoms with Crippen molar-refractivity contribution in [2.75, 3.05) is 0 Å². The Hall–Kier alpha value is -2.24. The molecule has 6 heteroatoms. The summed E-state index contributed by atoms with van der Waals surface area (Å²) in [6.07, 6.45) is 1.28. The number of nitrogens with two attached hydrogens (primary N) is 2. The molecule has 0 radical (unpaired) electrons. The van der Waals surface area contributed by atoms with Crippen molar-refractivity contribution in [3.05, 3.63) is 47.2 Å². The average Bonchev–Trinajstić information content (AvgIpc) is 2.30. The molecule has 0 bridgehead atoms. The van der Waals surface area contributed by atoms with Gasteiger partial charge in [0, 0.05) is 11.3 Å². The van der Waals surface area contributed by atoms with Crippen LogP contribution in [0.3, 0.4) is 0 Å². The Morgan fingerprint density at radius 1 is 1.39 bits per heavy atom. The fourth-order valence-corrected chi connectivity index (χ4v) is 1.22. The molecule has 0 spiro atoms. The summed E-state index contributed by atoms with van der Waals surface area (Å²) in [4.78, 5) is 14.6. The van der Waals surface area contributed by atoms with Gasteiger partial charge in [-0.05, 0) is 31.2 Å². The minimum atomic E-state index is -0.763. The maximum Gasteiger partial charge on any atom is 0.264 e. The zero-order chi connectivity index (χ0) is 13.7. The van der Waals surface area contributed by atoms with Crippen molar-refractivity contribution >= 4 is 11.6 Å². The largest absolute Gasteiger partial charge is 0.394 e. The number of rotatable bonds is 4. The lowest BCUT2D eigenvalue weighted by Crippen LogP contribution is -2.20. The summed E-state index contributed by atoms with van der Waals surface area (Å²) in [5, 5.41) is 0. The van der Waals surface area contributed by atoms with Gasteiger partial charge in [0.15, 0.2) is 0 Å². The summed E-state index contributed by atoms with van der Waals surface area (Å²) >= 11 is 0. The van der Waals surface area contributed by atoms with Crippen LogP contribution in [0.25, 0.3) is 0 Å². The zero-order valence-electron chi connectivity index (χ0n) is 9.78. The van der Waals surface area contributed by atoms with Crippen LogP contribution < -0.4 is 11.5 Å². The van der Waals surface area contributed by atoms with Gasteiger partial charge in [-0.3, -0.25) is 9.79 Å². The summed E-state index contributed by atoms with van der Waals surface area (Å²) in [7, 11) is 0. The van der Waals surface area contributed by atoms with E-state index in [1.165, 1.54) is 6.08 Å². The molecule has 18 heavy (non-hydrogen) atoms. The van der Waals surface area contributed by atoms with Gasteiger partial charge in [-0.1, -0.05) is 0 Å². The van der Waals surface area contributed by atoms with Gasteiger partial charge in [0.25, 0.3) is 5.91 Å². The molecule has 0 saturated carbocycles. The molecule has 0 aromatic heterocycles. The normalized spacial score (nSPS) is 12.6. The van der Waals surface area contributed by atoms with Crippen LogP contribution in [-0.2, 0) is 11.3 Å². The molecule has 1 rings (SSSR count). The molecule has 96 valence electrons. The average molecular weight is 253 g/mol. The summed E-state index contributed by atoms with van der Waals surface area (Å²) in [5.41, 5.74) is 10.6. The quantitative estimate of drug-likeness (QED) is 0.625. The molecule has 0 aliphatic rings. The van der Waals surface area contributed by atoms with E-state index in [0.29, 0.717) is 5.71 Å². The first-order chi connectivity index (χ1) is 8.40. The SMILES string of the molecule is CC(C=C(N)C(N)=O)=NCc1cc(F)ccc1F. The van der Waals surface area contributed by atoms with E-state index in [9.17, 15) is 13.6 Å². The maximum absolute atomic E-state index is 13.3. The van der Waals surface area contributed by atoms with Crippen LogP contribution in [0.15, 0.2) is 35.0 Å². The first kappa shape index (κ1) is 13.8. The van der Waals surface area contributed by atoms with Crippen LogP contribution in [0.1, 0.15) is 12.5 Å². The van der Waals surface area contributed by atoms with E-state index >= 15 is 0 Å². The summed E-state index contributed by atoms with van der Waals surface area (Å²) in [5.74, 6) is -1.84. The number of carbonyl (C=O) groups is 1. The van der Waals surface area contributed by atoms with Crippen LogP contribution in [0.4, 0.5) is 8.78 Å². The number of hydrogen-bond acceptors (Lipinski definition) is 3. The van der Waals surface area contributed by atoms with Crippen LogP contribution >= 0.6 is 0 Å². The third kappa shape index (κ3) is 3.97. The molecule has 0 aliphatic heterocycles. The van der Waals surface area contributed by atoms with Gasteiger partial charge in [0.1, 0.15) is 11.6 Å². The van der Waals surface area contributed by atoms with Gasteiger partial charge in [-0.15, -0.1) is 0 Å². The molecule has 1 aromatic rings. The van der Waals surface area contributed by atoms with Gasteiger partial charge in [-0.25, -0.2) is 8.78 Å². The van der Waals surface area contributed by atoms with Crippen LogP contribution in [-0.4, -0.2) is 11.6 Å². The Labute approximate surface area is 103 Å². The number of carbonyl (C=O) groups excluding carboxylic acids is 1. The lowest BCUT2D eigenvalue weighted by molar-refractivity contribution is -0.114. The highest BCUT2D eigenvalue weighted by atomic mass is 19.1. The first-order valence-electron chi connectivity index (χ1n) is 5.12. The topological polar surface area (TPSA) is 81.5 Å². The van der Waals surface area contributed by atoms with E-state index < -0.39 is 17.5 Å². The molecule has 0 fully saturated rings. The molecule has 0 unspecified atom stereocenters. The van der Waals surface area contributed by atoms with Crippen LogP contribution in [0.2, 0.25) is 0 Å². The van der Waals surface area contributed by atoms with Gasteiger partial charge in [-0.2, -0.15) is 0 Å². The second kappa shape index (κ2) is 5.90. The number of primary amides is 1. The third-order valence-corrected chi connectivity index (χ3v) is 2.16. The number of amides is 1. The minimum absolute atomic E-state index is 0.0437. The molecule has 4 nitrogen and oxygen atoms in total. The van der Waals surface area contributed by atoms with Crippen molar-refractivity contribution in [1.29, 1.82) is 0 Å². The molecule has 0 atom stereocenters. The van der Waals surface area contributed by atoms with E-state index in [4.69, 9.17) is 11.5 Å². The van der Waals surface area contributed by atoms with E-state index in [1.807, 2.05) is 0 Å². The Bertz CT molecular complexity index is 524. The number of nitrogens with zero attached hydrogens (tertiary/aromatic N) is 1. The van der Waals surface area contributed by atoms with Crippen molar-refractivity contribution in [1.82, 2.24) is 0 Å². The number of hydrogen-bond donors (Lipinski definition) is 2. The molecular formula is C12H13F2N3O. The fraction of sp³-hybridized carbons (Fsp3) is 0.167. The van der Waals surface area contributed by atoms with E-state index in [2.05, 4.69) is 4.99 Å². The third-order valence-electron chi connectivity index (χ3n) is 2.16. The van der Waals surface area contributed by atoms with Gasteiger partial charge in [0.05, 0.1) is 12.2 Å². The van der Waals surface area contributed by atoms with E-state index in [-0.39, 0.29) is 17.8 Å². The molecular weight excluding hydrogens is 240 g/mol. The summed E-state index contributed by atoms with van der Waals surface area (Å²) in [6, 6.07) is 3.12. The number of allylic oxidation sites excluding steroid dienone is 1. The highest BCUT2D eigenvalue weighted by Gasteiger charge is 2.03. The number of benzene rings is 1. The smallest absolute Gasteiger partial charge is 0.264 e. The van der Waals surface area contributed by atoms with Crippen LogP contribution in [0.5, 0.6) is 0 Å². The Morgan fingerprint density at radius 2 is 2.06 bits per heavy atom. The predicted octanol–water partition coefficient (Wildman–Crippen LogP) is 1.25. The van der Waals surface area contributed by atoms with Gasteiger partial charge in [0.2, 0.25) is 0 Å². The first-order valence-corrected chi connectivity index (χ1v) is 5.12. The number of aliphatic imine (C=N–C) groups is 1. The van der Waals surface area contributed by atoms with Crippen LogP contribution in [0, 0.1) is 11.6 Å². The standard InChI is InChI=1S/C12H13F2N3O/c1-7(4-11(15)12(16)18)17-6-8-5-9(13)2-3-10(8)14/h2-5H,6,15H2,1H3,(H2,16,18). The van der Waals surface area contributed by atoms with Crippen molar-refractivity contribution < 1.29 is 13.6 Å². The second-order valence-corrected chi connectivity index (χ2v) is 3.66. The fourth-order valence-electron chi connectivity index (χ4n) is 1.22. The maximum atomic E-state index is 13.3. The van der Waals surface area contributed by atoms with E-state index in [1.54, 1.807) is 6.92 Å². The predicted molar refractivity (Wildman–Crippen MR) is 64.6 cm³/mol. The highest BCUT2D eigenvalue weighted by molar-refractivity contribution is 6.01. The molecule has 1 amide bonds. The van der Waals surface area contributed by atoms with Crippen molar-refractivity contribution in [2.45, 2.75) is 13.5 Å². The van der Waals surface area contributed by atoms with Crippen molar-refractivity contribution in [2.24, 2.45) is 16.5 Å². The molecule has 0 aliphatic carbocycles. The zero-order valence-corrected chi connectivity index (χ0v) is 9.78. The number of halogens is 2. The molecule has 1 aromatic carbocycles. The highest BCUT2D eigenvalue weighted by Crippen LogP contribution is 2.10. The van der Waals surface area contributed by atoms with Gasteiger partial charge < -0.3 is 11.5 Å². The molecule has 4 N–H and O–H groups in total. The van der Waals surface area contributed by atoms with Crippen molar-refractivity contribution in [3.63, 3.8) is 0 Å². The Morgan fingerprint density at radius 3 is 2.67 bits per heavy atom. The lowest BCUT2D eigenvalue weighted by Gasteiger charge is -2.01. The molecule has 0 saturated heterocycles. The Kier molecular flexibility index (Phi) is 4.53. The monoisotopic (exact) mass is 253 g/mol. The second-order valence-electron chi connectivity index (χ2n) is 3.66. The lowest BCUT2D eigenvalue weighted by atomic mass is 10.2. The van der Waals surface area contributed by atoms with Crippen molar-refractivity contribution in [3.8, 4) is 0 Å². The van der Waals surface area contributed by atoms with E-state index in [0.717, 1.165) is 18.2 Å². The summed E-state index contributed by atoms with van der Waals surface area (Å²) in [6.45, 7) is 1.53. The van der Waals surface area contributed by atoms with Gasteiger partial charge >= 0.3 is 0 Å².